The number of nitrogens with one attached hydrogen (secondary N) is 2. The van der Waals surface area contributed by atoms with E-state index in [4.69, 9.17) is 14.9 Å². The fraction of sp³-hybridized carbons (Fsp3) is 0.269. The van der Waals surface area contributed by atoms with Gasteiger partial charge in [0.1, 0.15) is 10.6 Å². The molecule has 9 nitrogen and oxygen atoms in total. The summed E-state index contributed by atoms with van der Waals surface area (Å²) < 4.78 is 28.4. The van der Waals surface area contributed by atoms with E-state index in [-0.39, 0.29) is 23.4 Å². The van der Waals surface area contributed by atoms with E-state index in [9.17, 15) is 13.2 Å². The predicted octanol–water partition coefficient (Wildman–Crippen LogP) is 4.76. The molecule has 0 saturated heterocycles. The minimum atomic E-state index is -3.75. The number of hydrogen-bond donors (Lipinski definition) is 3. The molecule has 4 rings (SSSR count). The average molecular weight is 540 g/mol. The molecule has 0 amide bonds. The van der Waals surface area contributed by atoms with E-state index in [0.717, 1.165) is 33.3 Å². The van der Waals surface area contributed by atoms with Crippen molar-refractivity contribution in [1.29, 1.82) is 0 Å². The number of benzene rings is 2. The fourth-order valence-corrected chi connectivity index (χ4v) is 5.07. The van der Waals surface area contributed by atoms with Crippen molar-refractivity contribution in [3.8, 4) is 11.1 Å². The second-order valence-electron chi connectivity index (χ2n) is 8.52. The second-order valence-corrected chi connectivity index (χ2v) is 10.9. The van der Waals surface area contributed by atoms with Crippen LogP contribution in [0.15, 0.2) is 64.9 Å². The molecule has 4 N–H and O–H groups in total. The van der Waals surface area contributed by atoms with E-state index in [0.29, 0.717) is 24.9 Å². The molecule has 0 radical (unpaired) electrons. The molecule has 0 bridgehead atoms. The van der Waals surface area contributed by atoms with Crippen LogP contribution in [0.3, 0.4) is 0 Å². The first-order chi connectivity index (χ1) is 17.7. The van der Waals surface area contributed by atoms with Crippen LogP contribution in [0.1, 0.15) is 32.3 Å². The predicted molar refractivity (Wildman–Crippen MR) is 147 cm³/mol. The van der Waals surface area contributed by atoms with Crippen LogP contribution >= 0.6 is 11.3 Å². The Morgan fingerprint density at radius 1 is 1.08 bits per heavy atom. The molecule has 4 aromatic rings. The van der Waals surface area contributed by atoms with Gasteiger partial charge in [-0.15, -0.1) is 11.3 Å². The van der Waals surface area contributed by atoms with Gasteiger partial charge in [-0.3, -0.25) is 4.79 Å². The van der Waals surface area contributed by atoms with Gasteiger partial charge in [0.25, 0.3) is 0 Å². The number of esters is 1. The summed E-state index contributed by atoms with van der Waals surface area (Å²) in [5, 5.41) is 14.7. The molecule has 2 heterocycles. The topological polar surface area (TPSA) is 136 Å². The zero-order valence-corrected chi connectivity index (χ0v) is 22.2. The molecule has 194 valence electrons. The first kappa shape index (κ1) is 26.5. The molecule has 0 fully saturated rings. The summed E-state index contributed by atoms with van der Waals surface area (Å²) in [7, 11) is -3.75. The maximum atomic E-state index is 12.0. The van der Waals surface area contributed by atoms with Crippen LogP contribution in [-0.2, 0) is 26.1 Å². The standard InChI is InChI=1S/C26H29N5O4S2/c1-3-17(2)35-22(32)13-14-28-26-30-24(29-15-18-9-11-20(12-10-18)37(27,33)34)23-21(16-36-25(23)31-26)19-7-5-4-6-8-19/h4-12,16-17H,3,13-15H2,1-2H3,(H2,27,33,34)(H2,28,29,30,31). The molecule has 1 unspecified atom stereocenters. The number of rotatable bonds is 11. The minimum absolute atomic E-state index is 0.0585. The molecular weight excluding hydrogens is 510 g/mol. The SMILES string of the molecule is CCC(C)OC(=O)CCNc1nc(NCc2ccc(S(N)(=O)=O)cc2)c2c(-c3ccccc3)csc2n1. The summed E-state index contributed by atoms with van der Waals surface area (Å²) in [6, 6.07) is 16.4. The van der Waals surface area contributed by atoms with Crippen molar-refractivity contribution in [1.82, 2.24) is 9.97 Å². The molecule has 0 saturated carbocycles. The van der Waals surface area contributed by atoms with E-state index in [2.05, 4.69) is 15.6 Å². The number of fused-ring (bicyclic) bond motifs is 1. The summed E-state index contributed by atoms with van der Waals surface area (Å²) in [4.78, 5) is 22.3. The van der Waals surface area contributed by atoms with Crippen LogP contribution in [0.25, 0.3) is 21.3 Å². The van der Waals surface area contributed by atoms with E-state index < -0.39 is 10.0 Å². The smallest absolute Gasteiger partial charge is 0.307 e. The zero-order valence-electron chi connectivity index (χ0n) is 20.6. The Balaban J connectivity index is 1.58. The number of carbonyl (C=O) groups is 1. The molecular formula is C26H29N5O4S2. The number of sulfonamides is 1. The normalized spacial score (nSPS) is 12.3. The summed E-state index contributed by atoms with van der Waals surface area (Å²) in [5.74, 6) is 0.759. The number of carbonyl (C=O) groups excluding carboxylic acids is 1. The molecule has 2 aromatic heterocycles. The summed E-state index contributed by atoms with van der Waals surface area (Å²) in [6.45, 7) is 4.57. The lowest BCUT2D eigenvalue weighted by Gasteiger charge is -2.13. The van der Waals surface area contributed by atoms with Gasteiger partial charge in [0.2, 0.25) is 16.0 Å². The highest BCUT2D eigenvalue weighted by Gasteiger charge is 2.16. The number of hydrogen-bond acceptors (Lipinski definition) is 9. The Bertz CT molecular complexity index is 1470. The van der Waals surface area contributed by atoms with Crippen molar-refractivity contribution >= 4 is 49.3 Å². The van der Waals surface area contributed by atoms with Gasteiger partial charge in [0.15, 0.2) is 0 Å². The number of thiophene rings is 1. The largest absolute Gasteiger partial charge is 0.463 e. The van der Waals surface area contributed by atoms with Gasteiger partial charge in [-0.25, -0.2) is 18.5 Å². The Morgan fingerprint density at radius 2 is 1.81 bits per heavy atom. The van der Waals surface area contributed by atoms with Gasteiger partial charge in [-0.2, -0.15) is 4.98 Å². The van der Waals surface area contributed by atoms with Crippen molar-refractivity contribution in [3.63, 3.8) is 0 Å². The Kier molecular flexibility index (Phi) is 8.37. The average Bonchev–Trinajstić information content (AvgIpc) is 3.31. The van der Waals surface area contributed by atoms with Crippen molar-refractivity contribution < 1.29 is 17.9 Å². The first-order valence-corrected chi connectivity index (χ1v) is 14.3. The third-order valence-corrected chi connectivity index (χ3v) is 7.55. The zero-order chi connectivity index (χ0) is 26.4. The Morgan fingerprint density at radius 3 is 2.49 bits per heavy atom. The lowest BCUT2D eigenvalue weighted by atomic mass is 10.1. The molecule has 2 aromatic carbocycles. The number of primary sulfonamides is 1. The van der Waals surface area contributed by atoms with Crippen LogP contribution in [-0.4, -0.2) is 37.0 Å². The minimum Gasteiger partial charge on any atom is -0.463 e. The van der Waals surface area contributed by atoms with Crippen molar-refractivity contribution in [2.75, 3.05) is 17.2 Å². The molecule has 11 heteroatoms. The van der Waals surface area contributed by atoms with Gasteiger partial charge in [0, 0.05) is 24.0 Å². The molecule has 0 aliphatic heterocycles. The van der Waals surface area contributed by atoms with Crippen molar-refractivity contribution in [2.24, 2.45) is 5.14 Å². The van der Waals surface area contributed by atoms with Gasteiger partial charge >= 0.3 is 5.97 Å². The number of nitrogens with two attached hydrogens (primary N) is 1. The van der Waals surface area contributed by atoms with E-state index in [1.807, 2.05) is 49.6 Å². The molecule has 0 spiro atoms. The third-order valence-electron chi connectivity index (χ3n) is 5.75. The number of nitrogens with zero attached hydrogens (tertiary/aromatic N) is 2. The van der Waals surface area contributed by atoms with Crippen LogP contribution in [0, 0.1) is 0 Å². The number of ether oxygens (including phenoxy) is 1. The highest BCUT2D eigenvalue weighted by molar-refractivity contribution is 7.89. The highest BCUT2D eigenvalue weighted by Crippen LogP contribution is 2.37. The monoisotopic (exact) mass is 539 g/mol. The van der Waals surface area contributed by atoms with Gasteiger partial charge in [-0.05, 0) is 36.6 Å². The second kappa shape index (κ2) is 11.7. The summed E-state index contributed by atoms with van der Waals surface area (Å²) in [5.41, 5.74) is 2.92. The molecule has 0 aliphatic carbocycles. The Labute approximate surface area is 220 Å². The van der Waals surface area contributed by atoms with Gasteiger partial charge in [0.05, 0.1) is 22.8 Å². The number of aromatic nitrogens is 2. The summed E-state index contributed by atoms with van der Waals surface area (Å²) in [6.07, 6.45) is 0.850. The lowest BCUT2D eigenvalue weighted by Crippen LogP contribution is -2.17. The molecule has 0 aliphatic rings. The number of anilines is 2. The summed E-state index contributed by atoms with van der Waals surface area (Å²) >= 11 is 1.51. The van der Waals surface area contributed by atoms with E-state index in [1.54, 1.807) is 12.1 Å². The Hall–Kier alpha value is -3.54. The quantitative estimate of drug-likeness (QED) is 0.232. The van der Waals surface area contributed by atoms with Crippen LogP contribution in [0.2, 0.25) is 0 Å². The van der Waals surface area contributed by atoms with Crippen LogP contribution < -0.4 is 15.8 Å². The lowest BCUT2D eigenvalue weighted by molar-refractivity contribution is -0.147. The van der Waals surface area contributed by atoms with E-state index in [1.165, 1.54) is 23.5 Å². The van der Waals surface area contributed by atoms with Crippen LogP contribution in [0.5, 0.6) is 0 Å². The van der Waals surface area contributed by atoms with Crippen LogP contribution in [0.4, 0.5) is 11.8 Å². The maximum Gasteiger partial charge on any atom is 0.307 e. The van der Waals surface area contributed by atoms with E-state index >= 15 is 0 Å². The molecule has 37 heavy (non-hydrogen) atoms. The van der Waals surface area contributed by atoms with Gasteiger partial charge in [-0.1, -0.05) is 49.4 Å². The molecule has 1 atom stereocenters. The van der Waals surface area contributed by atoms with Gasteiger partial charge < -0.3 is 15.4 Å². The maximum absolute atomic E-state index is 12.0. The fourth-order valence-electron chi connectivity index (χ4n) is 3.60. The third kappa shape index (κ3) is 6.82. The van der Waals surface area contributed by atoms with Crippen molar-refractivity contribution in [3.05, 3.63) is 65.5 Å². The van der Waals surface area contributed by atoms with Crippen molar-refractivity contribution in [2.45, 2.75) is 44.2 Å². The first-order valence-electron chi connectivity index (χ1n) is 11.9. The highest BCUT2D eigenvalue weighted by atomic mass is 32.2.